The molecule has 0 spiro atoms. The Morgan fingerprint density at radius 1 is 1.04 bits per heavy atom. The number of alkyl halides is 3. The monoisotopic (exact) mass is 404 g/mol. The molecule has 0 aliphatic heterocycles. The van der Waals surface area contributed by atoms with E-state index in [1.54, 1.807) is 6.07 Å². The third-order valence-electron chi connectivity index (χ3n) is 2.68. The second kappa shape index (κ2) is 5.89. The van der Waals surface area contributed by atoms with E-state index in [2.05, 4.69) is 35.9 Å². The van der Waals surface area contributed by atoms with Gasteiger partial charge in [-0.2, -0.15) is 13.2 Å². The van der Waals surface area contributed by atoms with Gasteiger partial charge in [0.1, 0.15) is 5.75 Å². The van der Waals surface area contributed by atoms with Crippen LogP contribution >= 0.6 is 27.5 Å². The zero-order valence-corrected chi connectivity index (χ0v) is 13.3. The molecule has 10 heteroatoms. The predicted octanol–water partition coefficient (Wildman–Crippen LogP) is 4.65. The molecule has 0 bridgehead atoms. The zero-order valence-electron chi connectivity index (χ0n) is 11.0. The van der Waals surface area contributed by atoms with Crippen LogP contribution in [0.15, 0.2) is 35.2 Å². The van der Waals surface area contributed by atoms with Crippen LogP contribution in [-0.4, -0.2) is 19.9 Å². The SMILES string of the molecule is FC(F)(F)c1ncc2c(Oc3ncc(Cl)cn3)cc(Br)cc2n1. The Labute approximate surface area is 140 Å². The Morgan fingerprint density at radius 2 is 1.74 bits per heavy atom. The highest BCUT2D eigenvalue weighted by Gasteiger charge is 2.34. The maximum absolute atomic E-state index is 12.7. The van der Waals surface area contributed by atoms with Gasteiger partial charge < -0.3 is 4.74 Å². The van der Waals surface area contributed by atoms with E-state index < -0.39 is 12.0 Å². The summed E-state index contributed by atoms with van der Waals surface area (Å²) in [5.74, 6) is -1.01. The molecule has 0 N–H and O–H groups in total. The van der Waals surface area contributed by atoms with Gasteiger partial charge in [-0.3, -0.25) is 0 Å². The summed E-state index contributed by atoms with van der Waals surface area (Å²) < 4.78 is 44.1. The number of nitrogens with zero attached hydrogens (tertiary/aromatic N) is 4. The van der Waals surface area contributed by atoms with Crippen LogP contribution in [0.2, 0.25) is 5.02 Å². The van der Waals surface area contributed by atoms with Crippen molar-refractivity contribution in [2.75, 3.05) is 0 Å². The molecule has 0 atom stereocenters. The van der Waals surface area contributed by atoms with Gasteiger partial charge in [0.25, 0.3) is 0 Å². The highest BCUT2D eigenvalue weighted by atomic mass is 79.9. The van der Waals surface area contributed by atoms with Crippen molar-refractivity contribution in [1.82, 2.24) is 19.9 Å². The summed E-state index contributed by atoms with van der Waals surface area (Å²) in [4.78, 5) is 14.6. The molecule has 2 heterocycles. The van der Waals surface area contributed by atoms with E-state index in [1.165, 1.54) is 18.5 Å². The molecule has 118 valence electrons. The summed E-state index contributed by atoms with van der Waals surface area (Å²) in [5, 5.41) is 0.620. The van der Waals surface area contributed by atoms with Crippen molar-refractivity contribution >= 4 is 38.4 Å². The van der Waals surface area contributed by atoms with Gasteiger partial charge in [0.05, 0.1) is 28.3 Å². The molecule has 3 aromatic rings. The maximum atomic E-state index is 12.7. The third-order valence-corrected chi connectivity index (χ3v) is 3.33. The smallest absolute Gasteiger partial charge is 0.423 e. The normalized spacial score (nSPS) is 11.7. The topological polar surface area (TPSA) is 60.8 Å². The molecule has 1 aromatic carbocycles. The zero-order chi connectivity index (χ0) is 16.6. The van der Waals surface area contributed by atoms with Crippen LogP contribution in [0.4, 0.5) is 13.2 Å². The Morgan fingerprint density at radius 3 is 2.39 bits per heavy atom. The molecule has 5 nitrogen and oxygen atoms in total. The van der Waals surface area contributed by atoms with Crippen LogP contribution in [0.3, 0.4) is 0 Å². The number of benzene rings is 1. The van der Waals surface area contributed by atoms with Gasteiger partial charge in [0.2, 0.25) is 5.82 Å². The first kappa shape index (κ1) is 15.9. The quantitative estimate of drug-likeness (QED) is 0.621. The molecule has 0 saturated heterocycles. The van der Waals surface area contributed by atoms with E-state index in [1.807, 2.05) is 0 Å². The van der Waals surface area contributed by atoms with Gasteiger partial charge in [-0.05, 0) is 12.1 Å². The lowest BCUT2D eigenvalue weighted by atomic mass is 10.2. The standard InChI is InChI=1S/C13H5BrClF3N4O/c14-6-1-9-8(5-19-11(22-9)13(16,17)18)10(2-6)23-12-20-3-7(15)4-21-12/h1-5H. The van der Waals surface area contributed by atoms with Crippen molar-refractivity contribution in [1.29, 1.82) is 0 Å². The lowest BCUT2D eigenvalue weighted by molar-refractivity contribution is -0.144. The second-order valence-corrected chi connectivity index (χ2v) is 5.67. The third kappa shape index (κ3) is 3.50. The van der Waals surface area contributed by atoms with Gasteiger partial charge in [-0.1, -0.05) is 27.5 Å². The molecule has 0 fully saturated rings. The fraction of sp³-hybridized carbons (Fsp3) is 0.0769. The van der Waals surface area contributed by atoms with Crippen molar-refractivity contribution in [3.63, 3.8) is 0 Å². The second-order valence-electron chi connectivity index (χ2n) is 4.31. The van der Waals surface area contributed by atoms with Crippen molar-refractivity contribution in [3.8, 4) is 11.8 Å². The van der Waals surface area contributed by atoms with Gasteiger partial charge >= 0.3 is 12.2 Å². The number of ether oxygens (including phenoxy) is 1. The molecule has 0 radical (unpaired) electrons. The molecule has 23 heavy (non-hydrogen) atoms. The van der Waals surface area contributed by atoms with Gasteiger partial charge in [0.15, 0.2) is 0 Å². The van der Waals surface area contributed by atoms with Crippen molar-refractivity contribution < 1.29 is 17.9 Å². The van der Waals surface area contributed by atoms with Crippen LogP contribution < -0.4 is 4.74 Å². The number of halogens is 5. The minimum Gasteiger partial charge on any atom is -0.423 e. The summed E-state index contributed by atoms with van der Waals surface area (Å²) in [6.07, 6.45) is -0.912. The van der Waals surface area contributed by atoms with E-state index >= 15 is 0 Å². The number of fused-ring (bicyclic) bond motifs is 1. The number of rotatable bonds is 2. The molecule has 3 rings (SSSR count). The molecule has 0 aliphatic carbocycles. The van der Waals surface area contributed by atoms with Crippen molar-refractivity contribution in [2.24, 2.45) is 0 Å². The van der Waals surface area contributed by atoms with Crippen LogP contribution in [0.5, 0.6) is 11.8 Å². The summed E-state index contributed by atoms with van der Waals surface area (Å²) in [7, 11) is 0. The summed E-state index contributed by atoms with van der Waals surface area (Å²) >= 11 is 8.88. The summed E-state index contributed by atoms with van der Waals surface area (Å²) in [5.41, 5.74) is 0.0747. The number of hydrogen-bond acceptors (Lipinski definition) is 5. The first-order chi connectivity index (χ1) is 10.8. The van der Waals surface area contributed by atoms with Crippen LogP contribution in [0, 0.1) is 0 Å². The molecule has 0 saturated carbocycles. The van der Waals surface area contributed by atoms with E-state index in [9.17, 15) is 13.2 Å². The molecule has 0 aliphatic rings. The minimum absolute atomic E-state index is 0.00584. The van der Waals surface area contributed by atoms with E-state index in [-0.39, 0.29) is 17.3 Å². The summed E-state index contributed by atoms with van der Waals surface area (Å²) in [6, 6.07) is 2.98. The van der Waals surface area contributed by atoms with Gasteiger partial charge in [0, 0.05) is 10.7 Å². The van der Waals surface area contributed by atoms with E-state index in [4.69, 9.17) is 16.3 Å². The Bertz CT molecular complexity index is 873. The Kier molecular flexibility index (Phi) is 4.07. The van der Waals surface area contributed by atoms with E-state index in [0.717, 1.165) is 6.20 Å². The molecular weight excluding hydrogens is 401 g/mol. The predicted molar refractivity (Wildman–Crippen MR) is 79.4 cm³/mol. The first-order valence-electron chi connectivity index (χ1n) is 6.02. The average molecular weight is 406 g/mol. The van der Waals surface area contributed by atoms with Crippen LogP contribution in [-0.2, 0) is 6.18 Å². The molecule has 0 unspecified atom stereocenters. The average Bonchev–Trinajstić information content (AvgIpc) is 2.48. The molecule has 0 amide bonds. The largest absolute Gasteiger partial charge is 0.451 e. The van der Waals surface area contributed by atoms with Gasteiger partial charge in [-0.15, -0.1) is 0 Å². The maximum Gasteiger partial charge on any atom is 0.451 e. The fourth-order valence-corrected chi connectivity index (χ4v) is 2.26. The minimum atomic E-state index is -4.63. The van der Waals surface area contributed by atoms with Crippen LogP contribution in [0.25, 0.3) is 10.9 Å². The summed E-state index contributed by atoms with van der Waals surface area (Å²) in [6.45, 7) is 0. The molecule has 2 aromatic heterocycles. The van der Waals surface area contributed by atoms with E-state index in [0.29, 0.717) is 14.9 Å². The Hall–Kier alpha value is -2.00. The van der Waals surface area contributed by atoms with Gasteiger partial charge in [-0.25, -0.2) is 19.9 Å². The van der Waals surface area contributed by atoms with Crippen molar-refractivity contribution in [2.45, 2.75) is 6.18 Å². The highest BCUT2D eigenvalue weighted by molar-refractivity contribution is 9.10. The lowest BCUT2D eigenvalue weighted by Gasteiger charge is -2.10. The fourth-order valence-electron chi connectivity index (χ4n) is 1.74. The van der Waals surface area contributed by atoms with Crippen LogP contribution in [0.1, 0.15) is 5.82 Å². The number of hydrogen-bond donors (Lipinski definition) is 0. The van der Waals surface area contributed by atoms with Crippen molar-refractivity contribution in [3.05, 3.63) is 46.0 Å². The lowest BCUT2D eigenvalue weighted by Crippen LogP contribution is -2.10. The highest BCUT2D eigenvalue weighted by Crippen LogP contribution is 2.33. The molecular formula is C13H5BrClF3N4O. The first-order valence-corrected chi connectivity index (χ1v) is 7.19. The Balaban J connectivity index is 2.08. The number of aromatic nitrogens is 4.